The third-order valence-corrected chi connectivity index (χ3v) is 3.45. The van der Waals surface area contributed by atoms with Crippen LogP contribution in [0.4, 0.5) is 5.69 Å². The Morgan fingerprint density at radius 1 is 1.23 bits per heavy atom. The molecule has 0 saturated heterocycles. The second kappa shape index (κ2) is 7.89. The highest BCUT2D eigenvalue weighted by atomic mass is 16.6. The van der Waals surface area contributed by atoms with E-state index in [1.165, 1.54) is 24.3 Å². The molecular weight excluding hydrogens is 284 g/mol. The molecule has 1 aromatic carbocycles. The van der Waals surface area contributed by atoms with Crippen LogP contribution in [0.25, 0.3) is 0 Å². The molecule has 0 radical (unpaired) electrons. The molecule has 0 N–H and O–H groups in total. The zero-order valence-electron chi connectivity index (χ0n) is 13.7. The van der Waals surface area contributed by atoms with Gasteiger partial charge in [-0.2, -0.15) is 0 Å². The number of nitrogens with zero attached hydrogens (tertiary/aromatic N) is 2. The maximum absolute atomic E-state index is 12.0. The minimum Gasteiger partial charge on any atom is -0.461 e. The Hall–Kier alpha value is -1.95. The maximum atomic E-state index is 12.0. The van der Waals surface area contributed by atoms with Gasteiger partial charge in [-0.05, 0) is 25.2 Å². The molecule has 0 unspecified atom stereocenters. The number of rotatable bonds is 8. The zero-order chi connectivity index (χ0) is 16.8. The molecule has 1 aromatic rings. The first kappa shape index (κ1) is 18.1. The molecule has 6 heteroatoms. The van der Waals surface area contributed by atoms with Gasteiger partial charge in [0.25, 0.3) is 5.69 Å². The molecule has 6 nitrogen and oxygen atoms in total. The topological polar surface area (TPSA) is 72.7 Å². The van der Waals surface area contributed by atoms with Crippen LogP contribution in [0, 0.1) is 15.5 Å². The molecule has 0 heterocycles. The van der Waals surface area contributed by atoms with E-state index in [9.17, 15) is 14.9 Å². The molecule has 122 valence electrons. The normalized spacial score (nSPS) is 11.5. The van der Waals surface area contributed by atoms with E-state index in [2.05, 4.69) is 32.6 Å². The average molecular weight is 308 g/mol. The number of esters is 1. The largest absolute Gasteiger partial charge is 0.461 e. The van der Waals surface area contributed by atoms with Gasteiger partial charge in [0, 0.05) is 24.1 Å². The Labute approximate surface area is 131 Å². The predicted molar refractivity (Wildman–Crippen MR) is 84.9 cm³/mol. The van der Waals surface area contributed by atoms with Crippen molar-refractivity contribution in [2.24, 2.45) is 5.41 Å². The fraction of sp³-hybridized carbons (Fsp3) is 0.562. The van der Waals surface area contributed by atoms with Gasteiger partial charge in [-0.25, -0.2) is 4.79 Å². The van der Waals surface area contributed by atoms with Crippen molar-refractivity contribution in [1.82, 2.24) is 4.90 Å². The highest BCUT2D eigenvalue weighted by Crippen LogP contribution is 2.19. The molecule has 0 fully saturated rings. The van der Waals surface area contributed by atoms with E-state index < -0.39 is 10.9 Å². The molecule has 0 aromatic heterocycles. The van der Waals surface area contributed by atoms with E-state index in [0.29, 0.717) is 12.2 Å². The van der Waals surface area contributed by atoms with Gasteiger partial charge in [-0.1, -0.05) is 27.7 Å². The monoisotopic (exact) mass is 308 g/mol. The highest BCUT2D eigenvalue weighted by molar-refractivity contribution is 5.89. The number of hydrogen-bond donors (Lipinski definition) is 0. The zero-order valence-corrected chi connectivity index (χ0v) is 13.7. The smallest absolute Gasteiger partial charge is 0.338 e. The van der Waals surface area contributed by atoms with Gasteiger partial charge in [0.05, 0.1) is 17.1 Å². The standard InChI is InChI=1S/C16H24N2O4/c1-5-17(6-2)11-16(3,4)12-22-15(19)13-7-9-14(10-8-13)18(20)21/h7-10H,5-6,11-12H2,1-4H3. The first-order valence-corrected chi connectivity index (χ1v) is 7.43. The third-order valence-electron chi connectivity index (χ3n) is 3.45. The van der Waals surface area contributed by atoms with Gasteiger partial charge in [0.2, 0.25) is 0 Å². The van der Waals surface area contributed by atoms with Crippen LogP contribution < -0.4 is 0 Å². The van der Waals surface area contributed by atoms with Gasteiger partial charge in [-0.15, -0.1) is 0 Å². The molecule has 0 atom stereocenters. The fourth-order valence-corrected chi connectivity index (χ4v) is 2.16. The summed E-state index contributed by atoms with van der Waals surface area (Å²) < 4.78 is 5.35. The van der Waals surface area contributed by atoms with E-state index >= 15 is 0 Å². The van der Waals surface area contributed by atoms with Crippen LogP contribution in [0.3, 0.4) is 0 Å². The summed E-state index contributed by atoms with van der Waals surface area (Å²) >= 11 is 0. The molecule has 0 aliphatic heterocycles. The summed E-state index contributed by atoms with van der Waals surface area (Å²) in [6.07, 6.45) is 0. The van der Waals surface area contributed by atoms with Crippen LogP contribution >= 0.6 is 0 Å². The number of carbonyl (C=O) groups is 1. The molecule has 0 amide bonds. The summed E-state index contributed by atoms with van der Waals surface area (Å²) in [6, 6.07) is 5.44. The van der Waals surface area contributed by atoms with Crippen LogP contribution in [0.5, 0.6) is 0 Å². The molecule has 0 spiro atoms. The number of hydrogen-bond acceptors (Lipinski definition) is 5. The van der Waals surface area contributed by atoms with Gasteiger partial charge in [0.15, 0.2) is 0 Å². The number of ether oxygens (including phenoxy) is 1. The molecule has 1 rings (SSSR count). The van der Waals surface area contributed by atoms with Gasteiger partial charge in [0.1, 0.15) is 0 Å². The lowest BCUT2D eigenvalue weighted by molar-refractivity contribution is -0.384. The Morgan fingerprint density at radius 3 is 2.23 bits per heavy atom. The van der Waals surface area contributed by atoms with Crippen LogP contribution in [0.15, 0.2) is 24.3 Å². The van der Waals surface area contributed by atoms with Crippen molar-refractivity contribution in [1.29, 1.82) is 0 Å². The first-order chi connectivity index (χ1) is 10.3. The number of nitro benzene ring substituents is 1. The lowest BCUT2D eigenvalue weighted by Gasteiger charge is -2.30. The summed E-state index contributed by atoms with van der Waals surface area (Å²) in [5.74, 6) is -0.456. The van der Waals surface area contributed by atoms with Gasteiger partial charge >= 0.3 is 5.97 Å². The summed E-state index contributed by atoms with van der Waals surface area (Å²) in [5.41, 5.74) is 0.130. The van der Waals surface area contributed by atoms with Crippen LogP contribution in [-0.2, 0) is 4.74 Å². The molecule has 0 aliphatic carbocycles. The van der Waals surface area contributed by atoms with Crippen molar-refractivity contribution in [2.45, 2.75) is 27.7 Å². The predicted octanol–water partition coefficient (Wildman–Crippen LogP) is 3.12. The summed E-state index contributed by atoms with van der Waals surface area (Å²) in [7, 11) is 0. The van der Waals surface area contributed by atoms with E-state index in [-0.39, 0.29) is 11.1 Å². The fourth-order valence-electron chi connectivity index (χ4n) is 2.16. The second-order valence-corrected chi connectivity index (χ2v) is 6.01. The second-order valence-electron chi connectivity index (χ2n) is 6.01. The van der Waals surface area contributed by atoms with E-state index in [4.69, 9.17) is 4.74 Å². The molecule has 22 heavy (non-hydrogen) atoms. The first-order valence-electron chi connectivity index (χ1n) is 7.43. The average Bonchev–Trinajstić information content (AvgIpc) is 2.50. The van der Waals surface area contributed by atoms with Crippen LogP contribution in [0.2, 0.25) is 0 Å². The van der Waals surface area contributed by atoms with E-state index in [1.807, 2.05) is 0 Å². The minimum absolute atomic E-state index is 0.0431. The number of non-ortho nitro benzene ring substituents is 1. The van der Waals surface area contributed by atoms with Crippen LogP contribution in [0.1, 0.15) is 38.1 Å². The lowest BCUT2D eigenvalue weighted by Crippen LogP contribution is -2.37. The van der Waals surface area contributed by atoms with Crippen molar-refractivity contribution in [3.8, 4) is 0 Å². The Balaban J connectivity index is 2.59. The quantitative estimate of drug-likeness (QED) is 0.419. The van der Waals surface area contributed by atoms with Crippen molar-refractivity contribution >= 4 is 11.7 Å². The van der Waals surface area contributed by atoms with Crippen LogP contribution in [-0.4, -0.2) is 42.0 Å². The van der Waals surface area contributed by atoms with Crippen molar-refractivity contribution < 1.29 is 14.5 Å². The number of carbonyl (C=O) groups excluding carboxylic acids is 1. The highest BCUT2D eigenvalue weighted by Gasteiger charge is 2.23. The SMILES string of the molecule is CCN(CC)CC(C)(C)COC(=O)c1ccc([N+](=O)[O-])cc1. The lowest BCUT2D eigenvalue weighted by atomic mass is 9.94. The van der Waals surface area contributed by atoms with Gasteiger partial charge < -0.3 is 9.64 Å². The van der Waals surface area contributed by atoms with E-state index in [0.717, 1.165) is 19.6 Å². The van der Waals surface area contributed by atoms with Crippen molar-refractivity contribution in [3.05, 3.63) is 39.9 Å². The molecule has 0 aliphatic rings. The number of nitro groups is 1. The van der Waals surface area contributed by atoms with Gasteiger partial charge in [-0.3, -0.25) is 10.1 Å². The maximum Gasteiger partial charge on any atom is 0.338 e. The summed E-state index contributed by atoms with van der Waals surface area (Å²) in [5, 5.41) is 10.6. The molecule has 0 bridgehead atoms. The Kier molecular flexibility index (Phi) is 6.49. The van der Waals surface area contributed by atoms with Crippen molar-refractivity contribution in [2.75, 3.05) is 26.2 Å². The Morgan fingerprint density at radius 2 is 1.77 bits per heavy atom. The Bertz CT molecular complexity index is 507. The molecule has 0 saturated carbocycles. The number of benzene rings is 1. The molecular formula is C16H24N2O4. The summed E-state index contributed by atoms with van der Waals surface area (Å²) in [6.45, 7) is 11.4. The third kappa shape index (κ3) is 5.44. The minimum atomic E-state index is -0.498. The van der Waals surface area contributed by atoms with Crippen molar-refractivity contribution in [3.63, 3.8) is 0 Å². The van der Waals surface area contributed by atoms with E-state index in [1.54, 1.807) is 0 Å². The summed E-state index contributed by atoms with van der Waals surface area (Å²) in [4.78, 5) is 24.4.